The fourth-order valence-electron chi connectivity index (χ4n) is 1.44. The number of carboxylic acid groups (broad SMARTS) is 1. The number of anilines is 1. The van der Waals surface area contributed by atoms with Crippen LogP contribution >= 0.6 is 15.9 Å². The van der Waals surface area contributed by atoms with Crippen LogP contribution in [0, 0.1) is 5.82 Å². The van der Waals surface area contributed by atoms with Crippen molar-refractivity contribution in [2.24, 2.45) is 0 Å². The van der Waals surface area contributed by atoms with Gasteiger partial charge in [-0.15, -0.1) is 0 Å². The second-order valence-corrected chi connectivity index (χ2v) is 4.12. The van der Waals surface area contributed by atoms with Crippen molar-refractivity contribution in [2.75, 3.05) is 5.73 Å². The number of hydrogen-bond donors (Lipinski definition) is 2. The highest BCUT2D eigenvalue weighted by Crippen LogP contribution is 2.35. The molecule has 0 radical (unpaired) electrons. The highest BCUT2D eigenvalue weighted by molar-refractivity contribution is 9.10. The molecule has 0 amide bonds. The summed E-state index contributed by atoms with van der Waals surface area (Å²) in [7, 11) is 0. The zero-order chi connectivity index (χ0) is 12.6. The van der Waals surface area contributed by atoms with Crippen molar-refractivity contribution in [3.8, 4) is 11.1 Å². The van der Waals surface area contributed by atoms with Crippen molar-refractivity contribution in [1.82, 2.24) is 0 Å². The van der Waals surface area contributed by atoms with Crippen LogP contribution in [0.2, 0.25) is 0 Å². The zero-order valence-electron chi connectivity index (χ0n) is 8.41. The second-order valence-electron chi connectivity index (χ2n) is 3.33. The van der Waals surface area contributed by atoms with Gasteiger partial charge in [0.05, 0.1) is 28.2 Å². The highest BCUT2D eigenvalue weighted by Gasteiger charge is 2.19. The molecule has 0 aliphatic heterocycles. The average Bonchev–Trinajstić information content (AvgIpc) is 2.79. The van der Waals surface area contributed by atoms with Gasteiger partial charge in [0, 0.05) is 11.1 Å². The number of furan rings is 1. The lowest BCUT2D eigenvalue weighted by molar-refractivity contribution is 0.0697. The number of halogens is 2. The normalized spacial score (nSPS) is 10.5. The van der Waals surface area contributed by atoms with E-state index < -0.39 is 17.5 Å². The maximum atomic E-state index is 13.7. The number of nitrogen functional groups attached to an aromatic ring is 1. The van der Waals surface area contributed by atoms with E-state index >= 15 is 0 Å². The van der Waals surface area contributed by atoms with Gasteiger partial charge >= 0.3 is 5.97 Å². The standard InChI is InChI=1S/C11H7BrFNO3/c12-8-6(5-1-2-17-4-5)3-7(11(15)16)10(14)9(8)13/h1-4H,14H2,(H,15,16). The molecule has 3 N–H and O–H groups in total. The first-order chi connectivity index (χ1) is 8.02. The van der Waals surface area contributed by atoms with E-state index in [2.05, 4.69) is 15.9 Å². The Labute approximate surface area is 104 Å². The van der Waals surface area contributed by atoms with E-state index in [0.29, 0.717) is 11.1 Å². The topological polar surface area (TPSA) is 76.5 Å². The summed E-state index contributed by atoms with van der Waals surface area (Å²) in [4.78, 5) is 10.9. The maximum absolute atomic E-state index is 13.7. The molecule has 0 aliphatic rings. The summed E-state index contributed by atoms with van der Waals surface area (Å²) in [5.74, 6) is -2.07. The number of carboxylic acids is 1. The smallest absolute Gasteiger partial charge is 0.337 e. The second kappa shape index (κ2) is 4.21. The molecule has 1 aromatic heterocycles. The third-order valence-corrected chi connectivity index (χ3v) is 3.08. The van der Waals surface area contributed by atoms with Crippen molar-refractivity contribution >= 4 is 27.6 Å². The fraction of sp³-hybridized carbons (Fsp3) is 0. The number of hydrogen-bond acceptors (Lipinski definition) is 3. The molecular weight excluding hydrogens is 293 g/mol. The van der Waals surface area contributed by atoms with Crippen LogP contribution in [0.1, 0.15) is 10.4 Å². The summed E-state index contributed by atoms with van der Waals surface area (Å²) in [5.41, 5.74) is 5.67. The Bertz CT molecular complexity index is 581. The van der Waals surface area contributed by atoms with Crippen LogP contribution in [0.3, 0.4) is 0 Å². The van der Waals surface area contributed by atoms with Gasteiger partial charge in [-0.05, 0) is 28.1 Å². The molecule has 2 rings (SSSR count). The molecule has 0 aliphatic carbocycles. The Morgan fingerprint density at radius 2 is 2.24 bits per heavy atom. The molecule has 0 saturated heterocycles. The predicted molar refractivity (Wildman–Crippen MR) is 63.2 cm³/mol. The molecule has 2 aromatic rings. The first-order valence-electron chi connectivity index (χ1n) is 4.55. The van der Waals surface area contributed by atoms with Gasteiger partial charge in [0.2, 0.25) is 0 Å². The maximum Gasteiger partial charge on any atom is 0.337 e. The summed E-state index contributed by atoms with van der Waals surface area (Å²) < 4.78 is 18.7. The molecular formula is C11H7BrFNO3. The molecule has 0 bridgehead atoms. The SMILES string of the molecule is Nc1c(C(=O)O)cc(-c2ccoc2)c(Br)c1F. The van der Waals surface area contributed by atoms with Crippen LogP contribution in [0.4, 0.5) is 10.1 Å². The van der Waals surface area contributed by atoms with Gasteiger partial charge in [0.15, 0.2) is 5.82 Å². The van der Waals surface area contributed by atoms with Crippen molar-refractivity contribution in [3.05, 3.63) is 40.5 Å². The van der Waals surface area contributed by atoms with Gasteiger partial charge in [-0.3, -0.25) is 0 Å². The van der Waals surface area contributed by atoms with Crippen LogP contribution in [0.5, 0.6) is 0 Å². The molecule has 6 heteroatoms. The Morgan fingerprint density at radius 3 is 2.76 bits per heavy atom. The van der Waals surface area contributed by atoms with Crippen LogP contribution in [0.25, 0.3) is 11.1 Å². The predicted octanol–water partition coefficient (Wildman–Crippen LogP) is 3.13. The zero-order valence-corrected chi connectivity index (χ0v) is 9.99. The van der Waals surface area contributed by atoms with Crippen LogP contribution in [-0.4, -0.2) is 11.1 Å². The molecule has 0 saturated carbocycles. The third kappa shape index (κ3) is 1.91. The van der Waals surface area contributed by atoms with E-state index in [1.165, 1.54) is 18.6 Å². The molecule has 4 nitrogen and oxygen atoms in total. The number of benzene rings is 1. The molecule has 1 aromatic carbocycles. The van der Waals surface area contributed by atoms with Crippen molar-refractivity contribution in [3.63, 3.8) is 0 Å². The first-order valence-corrected chi connectivity index (χ1v) is 5.35. The number of nitrogens with two attached hydrogens (primary N) is 1. The Balaban J connectivity index is 2.73. The van der Waals surface area contributed by atoms with E-state index in [4.69, 9.17) is 15.3 Å². The third-order valence-electron chi connectivity index (χ3n) is 2.31. The lowest BCUT2D eigenvalue weighted by Gasteiger charge is -2.08. The number of aromatic carboxylic acids is 1. The minimum Gasteiger partial charge on any atom is -0.478 e. The van der Waals surface area contributed by atoms with Crippen LogP contribution in [-0.2, 0) is 0 Å². The number of carbonyl (C=O) groups is 1. The minimum absolute atomic E-state index is 0.112. The first kappa shape index (κ1) is 11.7. The van der Waals surface area contributed by atoms with E-state index in [9.17, 15) is 9.18 Å². The summed E-state index contributed by atoms with van der Waals surface area (Å²) in [6.45, 7) is 0. The number of rotatable bonds is 2. The molecule has 0 fully saturated rings. The van der Waals surface area contributed by atoms with Crippen LogP contribution < -0.4 is 5.73 Å². The summed E-state index contributed by atoms with van der Waals surface area (Å²) in [6.07, 6.45) is 2.80. The molecule has 0 atom stereocenters. The van der Waals surface area contributed by atoms with Gasteiger partial charge in [-0.25, -0.2) is 9.18 Å². The van der Waals surface area contributed by atoms with E-state index in [0.717, 1.165) is 0 Å². The van der Waals surface area contributed by atoms with Crippen molar-refractivity contribution < 1.29 is 18.7 Å². The molecule has 1 heterocycles. The average molecular weight is 300 g/mol. The Hall–Kier alpha value is -1.82. The Morgan fingerprint density at radius 1 is 1.53 bits per heavy atom. The molecule has 88 valence electrons. The van der Waals surface area contributed by atoms with Gasteiger partial charge in [0.1, 0.15) is 0 Å². The largest absolute Gasteiger partial charge is 0.478 e. The fourth-order valence-corrected chi connectivity index (χ4v) is 2.00. The molecule has 17 heavy (non-hydrogen) atoms. The van der Waals surface area contributed by atoms with E-state index in [1.807, 2.05) is 0 Å². The van der Waals surface area contributed by atoms with Crippen LogP contribution in [0.15, 0.2) is 33.5 Å². The summed E-state index contributed by atoms with van der Waals surface area (Å²) in [5, 5.41) is 8.92. The van der Waals surface area contributed by atoms with Gasteiger partial charge in [-0.1, -0.05) is 0 Å². The van der Waals surface area contributed by atoms with Crippen molar-refractivity contribution in [2.45, 2.75) is 0 Å². The monoisotopic (exact) mass is 299 g/mol. The summed E-state index contributed by atoms with van der Waals surface area (Å²) in [6, 6.07) is 2.90. The molecule has 0 unspecified atom stereocenters. The lowest BCUT2D eigenvalue weighted by Crippen LogP contribution is -2.06. The van der Waals surface area contributed by atoms with Gasteiger partial charge in [0.25, 0.3) is 0 Å². The van der Waals surface area contributed by atoms with Gasteiger partial charge < -0.3 is 15.3 Å². The molecule has 0 spiro atoms. The van der Waals surface area contributed by atoms with E-state index in [-0.39, 0.29) is 10.0 Å². The Kier molecular flexibility index (Phi) is 2.89. The quantitative estimate of drug-likeness (QED) is 0.835. The minimum atomic E-state index is -1.28. The summed E-state index contributed by atoms with van der Waals surface area (Å²) >= 11 is 3.05. The van der Waals surface area contributed by atoms with Gasteiger partial charge in [-0.2, -0.15) is 0 Å². The lowest BCUT2D eigenvalue weighted by atomic mass is 10.0. The van der Waals surface area contributed by atoms with Crippen molar-refractivity contribution in [1.29, 1.82) is 0 Å². The highest BCUT2D eigenvalue weighted by atomic mass is 79.9. The van der Waals surface area contributed by atoms with E-state index in [1.54, 1.807) is 6.07 Å².